The molecule has 0 aliphatic carbocycles. The van der Waals surface area contributed by atoms with Crippen LogP contribution in [0.3, 0.4) is 0 Å². The lowest BCUT2D eigenvalue weighted by atomic mass is 10.1. The normalized spacial score (nSPS) is 13.4. The number of imidazole rings is 1. The van der Waals surface area contributed by atoms with E-state index in [1.54, 1.807) is 6.07 Å². The Balaban J connectivity index is 1.32. The summed E-state index contributed by atoms with van der Waals surface area (Å²) in [5.74, 6) is 3.75. The standard InChI is InChI=1S/C31H32FN3O4/c1-3-4-11-35-25(15-33-31(35)26-8-7-24(32)12-21(26)2)18-34(16-22-5-9-27-29(13-22)38-19-36-27)17-23-6-10-28-30(14-23)39-20-37-28/h5-10,12-15H,3-4,11,16-20H2,1-2H3. The molecule has 6 rings (SSSR count). The lowest BCUT2D eigenvalue weighted by Gasteiger charge is -2.24. The van der Waals surface area contributed by atoms with Crippen LogP contribution < -0.4 is 18.9 Å². The molecule has 0 amide bonds. The van der Waals surface area contributed by atoms with Crippen LogP contribution in [0.2, 0.25) is 0 Å². The molecule has 3 aromatic carbocycles. The van der Waals surface area contributed by atoms with Crippen molar-refractivity contribution in [1.82, 2.24) is 14.5 Å². The van der Waals surface area contributed by atoms with Crippen molar-refractivity contribution < 1.29 is 23.3 Å². The van der Waals surface area contributed by atoms with Gasteiger partial charge in [-0.15, -0.1) is 0 Å². The number of benzene rings is 3. The maximum atomic E-state index is 13.9. The Morgan fingerprint density at radius 1 is 0.821 bits per heavy atom. The van der Waals surface area contributed by atoms with E-state index in [-0.39, 0.29) is 19.4 Å². The van der Waals surface area contributed by atoms with Crippen LogP contribution >= 0.6 is 0 Å². The van der Waals surface area contributed by atoms with Crippen LogP contribution in [0.1, 0.15) is 42.1 Å². The molecule has 0 fully saturated rings. The number of halogens is 1. The van der Waals surface area contributed by atoms with E-state index >= 15 is 0 Å². The van der Waals surface area contributed by atoms with Gasteiger partial charge in [0.1, 0.15) is 11.6 Å². The molecule has 7 nitrogen and oxygen atoms in total. The predicted molar refractivity (Wildman–Crippen MR) is 145 cm³/mol. The van der Waals surface area contributed by atoms with E-state index in [9.17, 15) is 4.39 Å². The molecule has 0 bridgehead atoms. The number of hydrogen-bond acceptors (Lipinski definition) is 6. The third-order valence-electron chi connectivity index (χ3n) is 7.17. The van der Waals surface area contributed by atoms with E-state index in [1.807, 2.05) is 31.3 Å². The second kappa shape index (κ2) is 11.0. The molecule has 0 N–H and O–H groups in total. The van der Waals surface area contributed by atoms with E-state index in [0.29, 0.717) is 19.6 Å². The number of rotatable bonds is 10. The van der Waals surface area contributed by atoms with Crippen LogP contribution in [-0.2, 0) is 26.2 Å². The van der Waals surface area contributed by atoms with Gasteiger partial charge in [-0.05, 0) is 72.5 Å². The Hall–Kier alpha value is -4.04. The summed E-state index contributed by atoms with van der Waals surface area (Å²) in [6, 6.07) is 17.1. The Labute approximate surface area is 227 Å². The number of unbranched alkanes of at least 4 members (excludes halogenated alkanes) is 1. The second-order valence-electron chi connectivity index (χ2n) is 10.1. The SMILES string of the molecule is CCCCn1c(CN(Cc2ccc3c(c2)OCO3)Cc2ccc3c(c2)OCO3)cnc1-c1ccc(F)cc1C. The van der Waals surface area contributed by atoms with Gasteiger partial charge < -0.3 is 23.5 Å². The molecule has 3 heterocycles. The van der Waals surface area contributed by atoms with E-state index in [2.05, 4.69) is 40.7 Å². The molecule has 1 aromatic heterocycles. The number of ether oxygens (including phenoxy) is 4. The monoisotopic (exact) mass is 529 g/mol. The highest BCUT2D eigenvalue weighted by Gasteiger charge is 2.20. The Bertz CT molecular complexity index is 1430. The molecule has 202 valence electrons. The molecule has 2 aliphatic heterocycles. The molecule has 4 aromatic rings. The third-order valence-corrected chi connectivity index (χ3v) is 7.17. The van der Waals surface area contributed by atoms with E-state index in [4.69, 9.17) is 23.9 Å². The molecular formula is C31H32FN3O4. The second-order valence-corrected chi connectivity index (χ2v) is 10.1. The fourth-order valence-corrected chi connectivity index (χ4v) is 5.19. The van der Waals surface area contributed by atoms with Crippen LogP contribution in [0.5, 0.6) is 23.0 Å². The minimum atomic E-state index is -0.234. The van der Waals surface area contributed by atoms with Gasteiger partial charge in [0.25, 0.3) is 0 Å². The quantitative estimate of drug-likeness (QED) is 0.235. The summed E-state index contributed by atoms with van der Waals surface area (Å²) in [5, 5.41) is 0. The fraction of sp³-hybridized carbons (Fsp3) is 0.323. The topological polar surface area (TPSA) is 58.0 Å². The van der Waals surface area contributed by atoms with Crippen LogP contribution in [-0.4, -0.2) is 28.0 Å². The minimum absolute atomic E-state index is 0.234. The predicted octanol–water partition coefficient (Wildman–Crippen LogP) is 6.46. The molecule has 0 unspecified atom stereocenters. The number of aryl methyl sites for hydroxylation is 1. The number of fused-ring (bicyclic) bond motifs is 2. The Kier molecular flexibility index (Phi) is 7.11. The number of nitrogens with zero attached hydrogens (tertiary/aromatic N) is 3. The lowest BCUT2D eigenvalue weighted by Crippen LogP contribution is -2.24. The third kappa shape index (κ3) is 5.43. The van der Waals surface area contributed by atoms with Crippen molar-refractivity contribution in [3.05, 3.63) is 89.0 Å². The zero-order chi connectivity index (χ0) is 26.8. The highest BCUT2D eigenvalue weighted by atomic mass is 19.1. The maximum Gasteiger partial charge on any atom is 0.231 e. The van der Waals surface area contributed by atoms with Crippen LogP contribution in [0.15, 0.2) is 60.8 Å². The van der Waals surface area contributed by atoms with Crippen molar-refractivity contribution in [2.24, 2.45) is 0 Å². The van der Waals surface area contributed by atoms with Crippen molar-refractivity contribution in [1.29, 1.82) is 0 Å². The summed E-state index contributed by atoms with van der Waals surface area (Å²) in [7, 11) is 0. The summed E-state index contributed by atoms with van der Waals surface area (Å²) < 4.78 is 38.4. The van der Waals surface area contributed by atoms with Gasteiger partial charge in [0, 0.05) is 31.7 Å². The van der Waals surface area contributed by atoms with Crippen LogP contribution in [0, 0.1) is 12.7 Å². The zero-order valence-electron chi connectivity index (χ0n) is 22.3. The van der Waals surface area contributed by atoms with Crippen molar-refractivity contribution in [2.45, 2.75) is 52.9 Å². The molecule has 0 saturated carbocycles. The molecule has 39 heavy (non-hydrogen) atoms. The van der Waals surface area contributed by atoms with E-state index < -0.39 is 0 Å². The smallest absolute Gasteiger partial charge is 0.231 e. The molecule has 8 heteroatoms. The Morgan fingerprint density at radius 2 is 1.46 bits per heavy atom. The summed E-state index contributed by atoms with van der Waals surface area (Å²) in [4.78, 5) is 7.22. The van der Waals surface area contributed by atoms with Crippen LogP contribution in [0.4, 0.5) is 4.39 Å². The number of aromatic nitrogens is 2. The van der Waals surface area contributed by atoms with Gasteiger partial charge in [-0.3, -0.25) is 4.90 Å². The molecule has 0 saturated heterocycles. The molecule has 0 spiro atoms. The maximum absolute atomic E-state index is 13.9. The molecule has 0 radical (unpaired) electrons. The van der Waals surface area contributed by atoms with Gasteiger partial charge >= 0.3 is 0 Å². The lowest BCUT2D eigenvalue weighted by molar-refractivity contribution is 0.173. The van der Waals surface area contributed by atoms with Crippen LogP contribution in [0.25, 0.3) is 11.4 Å². The van der Waals surface area contributed by atoms with Gasteiger partial charge in [-0.25, -0.2) is 9.37 Å². The molecular weight excluding hydrogens is 497 g/mol. The minimum Gasteiger partial charge on any atom is -0.454 e. The molecule has 2 aliphatic rings. The van der Waals surface area contributed by atoms with Gasteiger partial charge in [0.15, 0.2) is 23.0 Å². The van der Waals surface area contributed by atoms with Crippen molar-refractivity contribution in [3.8, 4) is 34.4 Å². The summed E-state index contributed by atoms with van der Waals surface area (Å²) in [6.07, 6.45) is 4.05. The van der Waals surface area contributed by atoms with E-state index in [0.717, 1.165) is 76.2 Å². The highest BCUT2D eigenvalue weighted by molar-refractivity contribution is 5.61. The zero-order valence-corrected chi connectivity index (χ0v) is 22.3. The van der Waals surface area contributed by atoms with Gasteiger partial charge in [0.05, 0.1) is 11.9 Å². The first-order chi connectivity index (χ1) is 19.1. The van der Waals surface area contributed by atoms with Gasteiger partial charge in [0.2, 0.25) is 13.6 Å². The average molecular weight is 530 g/mol. The van der Waals surface area contributed by atoms with Gasteiger partial charge in [-0.2, -0.15) is 0 Å². The van der Waals surface area contributed by atoms with Crippen molar-refractivity contribution >= 4 is 0 Å². The number of hydrogen-bond donors (Lipinski definition) is 0. The van der Waals surface area contributed by atoms with Crippen molar-refractivity contribution in [3.63, 3.8) is 0 Å². The largest absolute Gasteiger partial charge is 0.454 e. The molecule has 0 atom stereocenters. The average Bonchev–Trinajstić information content (AvgIpc) is 3.67. The fourth-order valence-electron chi connectivity index (χ4n) is 5.19. The first kappa shape index (κ1) is 25.2. The first-order valence-corrected chi connectivity index (χ1v) is 13.4. The summed E-state index contributed by atoms with van der Waals surface area (Å²) in [5.41, 5.74) is 5.21. The van der Waals surface area contributed by atoms with Crippen molar-refractivity contribution in [2.75, 3.05) is 13.6 Å². The highest BCUT2D eigenvalue weighted by Crippen LogP contribution is 2.35. The summed E-state index contributed by atoms with van der Waals surface area (Å²) in [6.45, 7) is 7.56. The van der Waals surface area contributed by atoms with Gasteiger partial charge in [-0.1, -0.05) is 25.5 Å². The van der Waals surface area contributed by atoms with E-state index in [1.165, 1.54) is 6.07 Å². The first-order valence-electron chi connectivity index (χ1n) is 13.4. The Morgan fingerprint density at radius 3 is 2.08 bits per heavy atom. The summed E-state index contributed by atoms with van der Waals surface area (Å²) >= 11 is 0.